The maximum Gasteiger partial charge on any atom is 0.0615 e. The Kier molecular flexibility index (Phi) is 6.55. The zero-order chi connectivity index (χ0) is 25.2. The van der Waals surface area contributed by atoms with E-state index in [0.29, 0.717) is 0 Å². The first kappa shape index (κ1) is 23.6. The molecule has 0 spiro atoms. The normalized spacial score (nSPS) is 19.5. The molecule has 1 unspecified atom stereocenters. The second kappa shape index (κ2) is 10.3. The quantitative estimate of drug-likeness (QED) is 0.252. The molecule has 0 saturated carbocycles. The topological polar surface area (TPSA) is 3.24 Å². The molecule has 4 aromatic rings. The van der Waals surface area contributed by atoms with Gasteiger partial charge in [-0.05, 0) is 59.6 Å². The number of hydrogen-bond donors (Lipinski definition) is 0. The number of anilines is 2. The van der Waals surface area contributed by atoms with Crippen molar-refractivity contribution in [3.05, 3.63) is 143 Å². The molecule has 0 fully saturated rings. The fourth-order valence-electron chi connectivity index (χ4n) is 5.62. The lowest BCUT2D eigenvalue weighted by Crippen LogP contribution is -2.22. The van der Waals surface area contributed by atoms with E-state index in [0.717, 1.165) is 24.3 Å². The average Bonchev–Trinajstić information content (AvgIpc) is 2.95. The van der Waals surface area contributed by atoms with Gasteiger partial charge in [-0.1, -0.05) is 122 Å². The minimum Gasteiger partial charge on any atom is -0.313 e. The van der Waals surface area contributed by atoms with Crippen LogP contribution in [0.15, 0.2) is 138 Å². The molecule has 2 aliphatic rings. The summed E-state index contributed by atoms with van der Waals surface area (Å²) in [5.74, 6) is 0.224. The van der Waals surface area contributed by atoms with Gasteiger partial charge in [0.15, 0.2) is 0 Å². The minimum absolute atomic E-state index is 0.224. The highest BCUT2D eigenvalue weighted by molar-refractivity contribution is 6.29. The molecule has 1 atom stereocenters. The average molecular weight is 500 g/mol. The number of allylic oxidation sites excluding steroid dienone is 8. The largest absolute Gasteiger partial charge is 0.313 e. The van der Waals surface area contributed by atoms with Crippen LogP contribution < -0.4 is 4.90 Å². The summed E-state index contributed by atoms with van der Waals surface area (Å²) >= 11 is 6.68. The number of benzene rings is 4. The molecule has 0 saturated heterocycles. The molecule has 1 heterocycles. The van der Waals surface area contributed by atoms with E-state index in [1.165, 1.54) is 50.1 Å². The molecular formula is C35H30ClN. The second-order valence-electron chi connectivity index (χ2n) is 9.81. The van der Waals surface area contributed by atoms with Gasteiger partial charge in [-0.3, -0.25) is 0 Å². The van der Waals surface area contributed by atoms with Crippen molar-refractivity contribution in [1.82, 2.24) is 0 Å². The van der Waals surface area contributed by atoms with Gasteiger partial charge in [0.1, 0.15) is 0 Å². The monoisotopic (exact) mass is 499 g/mol. The maximum atomic E-state index is 6.68. The molecule has 0 bridgehead atoms. The molecule has 37 heavy (non-hydrogen) atoms. The molecule has 4 aromatic carbocycles. The Bertz CT molecular complexity index is 1570. The van der Waals surface area contributed by atoms with Crippen molar-refractivity contribution in [2.24, 2.45) is 5.92 Å². The van der Waals surface area contributed by atoms with Crippen LogP contribution in [-0.4, -0.2) is 0 Å². The van der Waals surface area contributed by atoms with Crippen molar-refractivity contribution < 1.29 is 0 Å². The molecule has 0 N–H and O–H groups in total. The lowest BCUT2D eigenvalue weighted by molar-refractivity contribution is 0.799. The van der Waals surface area contributed by atoms with E-state index >= 15 is 0 Å². The van der Waals surface area contributed by atoms with E-state index in [2.05, 4.69) is 133 Å². The second-order valence-corrected chi connectivity index (χ2v) is 10.3. The van der Waals surface area contributed by atoms with Gasteiger partial charge in [0, 0.05) is 33.3 Å². The van der Waals surface area contributed by atoms with Crippen molar-refractivity contribution >= 4 is 33.7 Å². The van der Waals surface area contributed by atoms with E-state index < -0.39 is 0 Å². The zero-order valence-corrected chi connectivity index (χ0v) is 21.8. The summed E-state index contributed by atoms with van der Waals surface area (Å²) in [6.07, 6.45) is 13.7. The van der Waals surface area contributed by atoms with Crippen LogP contribution in [0.1, 0.15) is 25.3 Å². The third-order valence-corrected chi connectivity index (χ3v) is 7.74. The standard InChI is InChI=1S/C35H30ClN/c1-25-12-4-2-5-13-26-14-8-10-18-30(26)32-22-20-27-15-9-11-19-31(27)35(32)37(29-16-6-3-7-17-29)34-23-21-28(36)24-33(25)34/h2-12,14-20,22,24-25H,13,21,23H2,1H3/b5-2-,12-4-. The Morgan fingerprint density at radius 2 is 1.54 bits per heavy atom. The molecule has 6 rings (SSSR count). The van der Waals surface area contributed by atoms with Crippen molar-refractivity contribution in [3.8, 4) is 11.1 Å². The van der Waals surface area contributed by atoms with Crippen LogP contribution in [0.4, 0.5) is 11.4 Å². The Balaban J connectivity index is 1.77. The fraction of sp³-hybridized carbons (Fsp3) is 0.143. The smallest absolute Gasteiger partial charge is 0.0615 e. The van der Waals surface area contributed by atoms with Crippen LogP contribution in [0.25, 0.3) is 21.9 Å². The summed E-state index contributed by atoms with van der Waals surface area (Å²) in [6.45, 7) is 2.27. The summed E-state index contributed by atoms with van der Waals surface area (Å²) in [6, 6.07) is 33.0. The van der Waals surface area contributed by atoms with Crippen LogP contribution in [-0.2, 0) is 6.42 Å². The highest BCUT2D eigenvalue weighted by Gasteiger charge is 2.27. The van der Waals surface area contributed by atoms with Gasteiger partial charge in [0.2, 0.25) is 0 Å². The SMILES string of the molecule is CC1/C=C\C=C/Cc2ccccc2-c2ccc3ccccc3c2N(c2ccccc2)C2=C1C=C(Cl)CC2. The Hall–Kier alpha value is -3.81. The number of rotatable bonds is 1. The lowest BCUT2D eigenvalue weighted by Gasteiger charge is -2.35. The first-order chi connectivity index (χ1) is 18.2. The van der Waals surface area contributed by atoms with Crippen LogP contribution in [0.5, 0.6) is 0 Å². The number of halogens is 1. The molecular weight excluding hydrogens is 470 g/mol. The molecule has 1 aliphatic carbocycles. The van der Waals surface area contributed by atoms with E-state index in [1.54, 1.807) is 0 Å². The first-order valence-corrected chi connectivity index (χ1v) is 13.5. The molecule has 2 heteroatoms. The van der Waals surface area contributed by atoms with Gasteiger partial charge in [-0.25, -0.2) is 0 Å². The van der Waals surface area contributed by atoms with Gasteiger partial charge >= 0.3 is 0 Å². The van der Waals surface area contributed by atoms with E-state index in [9.17, 15) is 0 Å². The maximum absolute atomic E-state index is 6.68. The van der Waals surface area contributed by atoms with Crippen molar-refractivity contribution in [3.63, 3.8) is 0 Å². The summed E-state index contributed by atoms with van der Waals surface area (Å²) in [7, 11) is 0. The van der Waals surface area contributed by atoms with Crippen LogP contribution >= 0.6 is 11.6 Å². The van der Waals surface area contributed by atoms with Crippen molar-refractivity contribution in [2.45, 2.75) is 26.2 Å². The molecule has 1 nitrogen and oxygen atoms in total. The van der Waals surface area contributed by atoms with Gasteiger partial charge in [-0.2, -0.15) is 0 Å². The fourth-order valence-corrected chi connectivity index (χ4v) is 5.83. The predicted octanol–water partition coefficient (Wildman–Crippen LogP) is 10.1. The Morgan fingerprint density at radius 1 is 0.757 bits per heavy atom. The lowest BCUT2D eigenvalue weighted by atomic mass is 9.89. The Labute approximate surface area is 224 Å². The van der Waals surface area contributed by atoms with Gasteiger partial charge in [0.25, 0.3) is 0 Å². The molecule has 1 aliphatic heterocycles. The summed E-state index contributed by atoms with van der Waals surface area (Å²) in [5.41, 5.74) is 8.83. The minimum atomic E-state index is 0.224. The Morgan fingerprint density at radius 3 is 2.43 bits per heavy atom. The predicted molar refractivity (Wildman–Crippen MR) is 159 cm³/mol. The third-order valence-electron chi connectivity index (χ3n) is 7.44. The number of nitrogens with zero attached hydrogens (tertiary/aromatic N) is 1. The van der Waals surface area contributed by atoms with E-state index in [1.807, 2.05) is 0 Å². The summed E-state index contributed by atoms with van der Waals surface area (Å²) in [4.78, 5) is 2.51. The third kappa shape index (κ3) is 4.56. The van der Waals surface area contributed by atoms with Crippen LogP contribution in [0.3, 0.4) is 0 Å². The number of para-hydroxylation sites is 1. The van der Waals surface area contributed by atoms with Crippen LogP contribution in [0.2, 0.25) is 0 Å². The van der Waals surface area contributed by atoms with Gasteiger partial charge < -0.3 is 4.90 Å². The first-order valence-electron chi connectivity index (χ1n) is 13.1. The van der Waals surface area contributed by atoms with E-state index in [4.69, 9.17) is 11.6 Å². The zero-order valence-electron chi connectivity index (χ0n) is 21.1. The molecule has 0 amide bonds. The highest BCUT2D eigenvalue weighted by atomic mass is 35.5. The van der Waals surface area contributed by atoms with E-state index in [-0.39, 0.29) is 5.92 Å². The molecule has 182 valence electrons. The van der Waals surface area contributed by atoms with Gasteiger partial charge in [-0.15, -0.1) is 0 Å². The number of hydrogen-bond acceptors (Lipinski definition) is 1. The number of fused-ring (bicyclic) bond motifs is 5. The highest BCUT2D eigenvalue weighted by Crippen LogP contribution is 2.47. The summed E-state index contributed by atoms with van der Waals surface area (Å²) in [5, 5.41) is 3.42. The molecule has 0 radical (unpaired) electrons. The summed E-state index contributed by atoms with van der Waals surface area (Å²) < 4.78 is 0. The van der Waals surface area contributed by atoms with Gasteiger partial charge in [0.05, 0.1) is 5.69 Å². The molecule has 0 aromatic heterocycles. The van der Waals surface area contributed by atoms with Crippen molar-refractivity contribution in [2.75, 3.05) is 4.90 Å². The van der Waals surface area contributed by atoms with Crippen molar-refractivity contribution in [1.29, 1.82) is 0 Å². The van der Waals surface area contributed by atoms with Crippen LogP contribution in [0, 0.1) is 5.92 Å².